The Bertz CT molecular complexity index is 906. The fourth-order valence-electron chi connectivity index (χ4n) is 5.86. The highest BCUT2D eigenvalue weighted by Crippen LogP contribution is 2.26. The van der Waals surface area contributed by atoms with E-state index in [0.717, 1.165) is 87.5 Å². The number of benzene rings is 1. The lowest BCUT2D eigenvalue weighted by atomic mass is 9.87. The first-order valence-electron chi connectivity index (χ1n) is 14.7. The normalized spacial score (nSPS) is 21.8. The number of rotatable bonds is 16. The third-order valence-electron chi connectivity index (χ3n) is 7.96. The molecule has 0 saturated carbocycles. The summed E-state index contributed by atoms with van der Waals surface area (Å²) < 4.78 is 16.1. The second kappa shape index (κ2) is 16.9. The maximum absolute atomic E-state index is 12.2. The number of nitrogens with one attached hydrogen (secondary N) is 1. The fraction of sp³-hybridized carbons (Fsp3) is 0.700. The molecule has 2 heterocycles. The molecule has 1 aromatic carbocycles. The Labute approximate surface area is 240 Å². The summed E-state index contributed by atoms with van der Waals surface area (Å²) in [4.78, 5) is 17.0. The van der Waals surface area contributed by atoms with Crippen LogP contribution >= 0.6 is 0 Å². The van der Waals surface area contributed by atoms with Crippen LogP contribution in [-0.4, -0.2) is 101 Å². The number of unbranched alkanes of at least 4 members (excludes halogenated alkanes) is 1. The summed E-state index contributed by atoms with van der Waals surface area (Å²) in [7, 11) is 3.38. The van der Waals surface area contributed by atoms with E-state index in [1.165, 1.54) is 0 Å². The Balaban J connectivity index is 1.81. The predicted molar refractivity (Wildman–Crippen MR) is 160 cm³/mol. The largest absolute Gasteiger partial charge is 0.497 e. The van der Waals surface area contributed by atoms with Crippen LogP contribution < -0.4 is 26.6 Å². The highest BCUT2D eigenvalue weighted by molar-refractivity contribution is 5.58. The van der Waals surface area contributed by atoms with Gasteiger partial charge in [0.2, 0.25) is 0 Å². The van der Waals surface area contributed by atoms with Crippen molar-refractivity contribution < 1.29 is 19.0 Å². The number of carbonyl (C=O) groups excluding carboxylic acids is 1. The Morgan fingerprint density at radius 2 is 1.90 bits per heavy atom. The Morgan fingerprint density at radius 3 is 2.52 bits per heavy atom. The number of allylic oxidation sites excluding steroid dienone is 1. The van der Waals surface area contributed by atoms with E-state index in [9.17, 15) is 4.79 Å². The van der Waals surface area contributed by atoms with Crippen molar-refractivity contribution >= 4 is 12.0 Å². The number of piperidine rings is 1. The Kier molecular flexibility index (Phi) is 13.7. The van der Waals surface area contributed by atoms with Gasteiger partial charge in [-0.3, -0.25) is 14.8 Å². The quantitative estimate of drug-likeness (QED) is 0.120. The van der Waals surface area contributed by atoms with Crippen LogP contribution in [0.5, 0.6) is 5.75 Å². The zero-order valence-electron chi connectivity index (χ0n) is 25.0. The summed E-state index contributed by atoms with van der Waals surface area (Å²) in [6.07, 6.45) is 4.69. The molecule has 5 N–H and O–H groups in total. The smallest absolute Gasteiger partial charge is 0.137 e. The number of hydrogen-bond acceptors (Lipinski definition) is 10. The molecule has 2 fully saturated rings. The highest BCUT2D eigenvalue weighted by atomic mass is 16.5. The number of aldehydes is 1. The van der Waals surface area contributed by atoms with E-state index in [1.807, 2.05) is 24.3 Å². The van der Waals surface area contributed by atoms with Gasteiger partial charge in [0, 0.05) is 64.7 Å². The van der Waals surface area contributed by atoms with Crippen LogP contribution in [0.3, 0.4) is 0 Å². The Morgan fingerprint density at radius 1 is 1.18 bits per heavy atom. The molecule has 40 heavy (non-hydrogen) atoms. The standard InChI is InChI=1S/C30H52N6O4/c1-23(2)20-35(26-17-24(18-33-19-26)30(22-37)34-12-15-40-16-13-34)21-28(31)29(7-5-6-14-38-3)36(32)25-8-10-27(39-4)11-9-25/h8-11,22-24,26,30,33H,5-7,12-21,31-32H2,1-4H3/b29-28-/t24?,26-,30-/m0/s1. The van der Waals surface area contributed by atoms with E-state index in [0.29, 0.717) is 32.3 Å². The van der Waals surface area contributed by atoms with Gasteiger partial charge in [-0.2, -0.15) is 0 Å². The van der Waals surface area contributed by atoms with Crippen molar-refractivity contribution in [3.8, 4) is 5.75 Å². The second-order valence-corrected chi connectivity index (χ2v) is 11.4. The zero-order chi connectivity index (χ0) is 28.9. The van der Waals surface area contributed by atoms with Crippen molar-refractivity contribution in [3.63, 3.8) is 0 Å². The van der Waals surface area contributed by atoms with Gasteiger partial charge in [-0.15, -0.1) is 0 Å². The molecular weight excluding hydrogens is 508 g/mol. The van der Waals surface area contributed by atoms with E-state index in [-0.39, 0.29) is 18.0 Å². The molecule has 226 valence electrons. The lowest BCUT2D eigenvalue weighted by molar-refractivity contribution is -0.117. The lowest BCUT2D eigenvalue weighted by Gasteiger charge is -2.43. The van der Waals surface area contributed by atoms with Crippen molar-refractivity contribution in [2.75, 3.05) is 78.3 Å². The summed E-state index contributed by atoms with van der Waals surface area (Å²) in [6.45, 7) is 11.4. The summed E-state index contributed by atoms with van der Waals surface area (Å²) in [5.41, 5.74) is 9.47. The molecule has 1 unspecified atom stereocenters. The lowest BCUT2D eigenvalue weighted by Crippen LogP contribution is -2.57. The van der Waals surface area contributed by atoms with Crippen molar-refractivity contribution in [3.05, 3.63) is 35.7 Å². The third-order valence-corrected chi connectivity index (χ3v) is 7.96. The first-order chi connectivity index (χ1) is 19.4. The molecule has 0 aromatic heterocycles. The molecule has 10 nitrogen and oxygen atoms in total. The van der Waals surface area contributed by atoms with E-state index in [4.69, 9.17) is 25.8 Å². The minimum atomic E-state index is -0.0982. The average molecular weight is 561 g/mol. The molecule has 0 bridgehead atoms. The van der Waals surface area contributed by atoms with Gasteiger partial charge >= 0.3 is 0 Å². The first-order valence-corrected chi connectivity index (χ1v) is 14.7. The summed E-state index contributed by atoms with van der Waals surface area (Å²) in [5.74, 6) is 8.19. The minimum Gasteiger partial charge on any atom is -0.497 e. The summed E-state index contributed by atoms with van der Waals surface area (Å²) in [5, 5.41) is 5.35. The number of hydrogen-bond donors (Lipinski definition) is 3. The fourth-order valence-corrected chi connectivity index (χ4v) is 5.86. The van der Waals surface area contributed by atoms with Gasteiger partial charge in [0.1, 0.15) is 12.0 Å². The van der Waals surface area contributed by atoms with E-state index in [2.05, 4.69) is 29.0 Å². The molecule has 0 amide bonds. The van der Waals surface area contributed by atoms with Crippen LogP contribution in [0.15, 0.2) is 35.7 Å². The van der Waals surface area contributed by atoms with Crippen LogP contribution in [0, 0.1) is 11.8 Å². The van der Waals surface area contributed by atoms with Crippen molar-refractivity contribution in [2.24, 2.45) is 23.4 Å². The molecule has 0 radical (unpaired) electrons. The number of morpholine rings is 1. The van der Waals surface area contributed by atoms with Gasteiger partial charge in [-0.25, -0.2) is 5.84 Å². The average Bonchev–Trinajstić information content (AvgIpc) is 2.97. The SMILES string of the molecule is COCCCC/C(=C(/N)CN(CC(C)C)[C@@H]1CNCC([C@H](C=O)N2CCOCC2)C1)N(N)c1ccc(OC)cc1. The van der Waals surface area contributed by atoms with Crippen LogP contribution in [0.2, 0.25) is 0 Å². The maximum Gasteiger partial charge on any atom is 0.137 e. The minimum absolute atomic E-state index is 0.0982. The topological polar surface area (TPSA) is 119 Å². The van der Waals surface area contributed by atoms with Gasteiger partial charge in [0.15, 0.2) is 0 Å². The molecule has 3 atom stereocenters. The number of nitrogens with two attached hydrogens (primary N) is 2. The number of hydrazine groups is 1. The molecule has 1 aromatic rings. The van der Waals surface area contributed by atoms with Gasteiger partial charge < -0.3 is 30.1 Å². The van der Waals surface area contributed by atoms with Crippen LogP contribution in [-0.2, 0) is 14.3 Å². The number of carbonyl (C=O) groups is 1. The molecule has 2 aliphatic rings. The predicted octanol–water partition coefficient (Wildman–Crippen LogP) is 2.20. The molecule has 2 saturated heterocycles. The van der Waals surface area contributed by atoms with Gasteiger partial charge in [-0.05, 0) is 61.8 Å². The van der Waals surface area contributed by atoms with Crippen molar-refractivity contribution in [2.45, 2.75) is 51.6 Å². The third kappa shape index (κ3) is 9.43. The number of anilines is 1. The second-order valence-electron chi connectivity index (χ2n) is 11.4. The molecule has 10 heteroatoms. The summed E-state index contributed by atoms with van der Waals surface area (Å²) in [6, 6.07) is 7.89. The molecule has 0 aliphatic carbocycles. The zero-order valence-corrected chi connectivity index (χ0v) is 25.0. The highest BCUT2D eigenvalue weighted by Gasteiger charge is 2.35. The molecular formula is C30H52N6O4. The Hall–Kier alpha value is -2.21. The number of nitrogens with zero attached hydrogens (tertiary/aromatic N) is 3. The van der Waals surface area contributed by atoms with Gasteiger partial charge in [-0.1, -0.05) is 13.8 Å². The van der Waals surface area contributed by atoms with Crippen molar-refractivity contribution in [1.29, 1.82) is 0 Å². The van der Waals surface area contributed by atoms with Crippen LogP contribution in [0.25, 0.3) is 0 Å². The first kappa shape index (κ1) is 32.3. The monoisotopic (exact) mass is 560 g/mol. The van der Waals surface area contributed by atoms with Gasteiger partial charge in [0.25, 0.3) is 0 Å². The van der Waals surface area contributed by atoms with E-state index in [1.54, 1.807) is 19.2 Å². The number of ether oxygens (including phenoxy) is 3. The van der Waals surface area contributed by atoms with Crippen molar-refractivity contribution in [1.82, 2.24) is 15.1 Å². The van der Waals surface area contributed by atoms with Crippen LogP contribution in [0.1, 0.15) is 39.5 Å². The molecule has 3 rings (SSSR count). The molecule has 0 spiro atoms. The van der Waals surface area contributed by atoms with E-state index < -0.39 is 0 Å². The number of methoxy groups -OCH3 is 2. The maximum atomic E-state index is 12.2. The summed E-state index contributed by atoms with van der Waals surface area (Å²) >= 11 is 0. The molecule has 2 aliphatic heterocycles. The van der Waals surface area contributed by atoms with E-state index >= 15 is 0 Å². The van der Waals surface area contributed by atoms with Crippen LogP contribution in [0.4, 0.5) is 5.69 Å². The van der Waals surface area contributed by atoms with Gasteiger partial charge in [0.05, 0.1) is 37.7 Å².